The fourth-order valence-corrected chi connectivity index (χ4v) is 3.42. The number of aliphatic carboxylic acids is 1. The van der Waals surface area contributed by atoms with Gasteiger partial charge in [0.25, 0.3) is 0 Å². The fourth-order valence-electron chi connectivity index (χ4n) is 2.80. The number of hydrogen-bond acceptors (Lipinski definition) is 3. The van der Waals surface area contributed by atoms with Crippen molar-refractivity contribution in [1.29, 1.82) is 0 Å². The number of fused-ring (bicyclic) bond motifs is 1. The molecule has 25 heavy (non-hydrogen) atoms. The molecule has 8 heteroatoms. The molecule has 0 saturated carbocycles. The zero-order valence-corrected chi connectivity index (χ0v) is 14.4. The number of urea groups is 1. The first-order valence-corrected chi connectivity index (χ1v) is 8.30. The quantitative estimate of drug-likeness (QED) is 0.645. The summed E-state index contributed by atoms with van der Waals surface area (Å²) >= 11 is 12.3. The maximum Gasteiger partial charge on any atom is 0.326 e. The largest absolute Gasteiger partial charge is 0.480 e. The molecule has 2 aromatic carbocycles. The molecule has 1 heterocycles. The van der Waals surface area contributed by atoms with Crippen LogP contribution < -0.4 is 16.0 Å². The summed E-state index contributed by atoms with van der Waals surface area (Å²) in [7, 11) is 0. The van der Waals surface area contributed by atoms with Gasteiger partial charge >= 0.3 is 12.0 Å². The highest BCUT2D eigenvalue weighted by Crippen LogP contribution is 2.39. The molecule has 0 aliphatic carbocycles. The fraction of sp³-hybridized carbons (Fsp3) is 0.176. The summed E-state index contributed by atoms with van der Waals surface area (Å²) in [6, 6.07) is 10.2. The number of nitrogens with one attached hydrogen (secondary N) is 3. The van der Waals surface area contributed by atoms with Gasteiger partial charge in [0, 0.05) is 33.4 Å². The van der Waals surface area contributed by atoms with Gasteiger partial charge in [-0.05, 0) is 24.3 Å². The highest BCUT2D eigenvalue weighted by atomic mass is 35.5. The van der Waals surface area contributed by atoms with E-state index in [0.29, 0.717) is 27.0 Å². The summed E-state index contributed by atoms with van der Waals surface area (Å²) in [6.45, 7) is 0. The van der Waals surface area contributed by atoms with Gasteiger partial charge in [-0.2, -0.15) is 0 Å². The minimum atomic E-state index is -1.02. The van der Waals surface area contributed by atoms with Gasteiger partial charge in [-0.25, -0.2) is 9.59 Å². The van der Waals surface area contributed by atoms with Gasteiger partial charge in [0.1, 0.15) is 6.04 Å². The SMILES string of the molecule is O=C(Nc1ccccc1)N[C@@H]1C[C@H](C(=O)O)Nc2cc(Cl)cc(Cl)c21. The average molecular weight is 380 g/mol. The van der Waals surface area contributed by atoms with Crippen molar-refractivity contribution in [3.63, 3.8) is 0 Å². The number of carbonyl (C=O) groups excluding carboxylic acids is 1. The predicted molar refractivity (Wildman–Crippen MR) is 97.5 cm³/mol. The molecule has 1 aliphatic heterocycles. The molecule has 4 N–H and O–H groups in total. The van der Waals surface area contributed by atoms with Gasteiger partial charge in [0.2, 0.25) is 0 Å². The molecule has 2 amide bonds. The number of carbonyl (C=O) groups is 2. The summed E-state index contributed by atoms with van der Waals surface area (Å²) in [4.78, 5) is 23.7. The number of para-hydroxylation sites is 1. The van der Waals surface area contributed by atoms with Gasteiger partial charge in [0.05, 0.1) is 6.04 Å². The number of anilines is 2. The first-order chi connectivity index (χ1) is 11.9. The third kappa shape index (κ3) is 3.97. The summed E-state index contributed by atoms with van der Waals surface area (Å²) < 4.78 is 0. The van der Waals surface area contributed by atoms with Crippen LogP contribution in [0.3, 0.4) is 0 Å². The van der Waals surface area contributed by atoms with E-state index in [2.05, 4.69) is 16.0 Å². The second-order valence-corrected chi connectivity index (χ2v) is 6.48. The van der Waals surface area contributed by atoms with Crippen LogP contribution in [0.1, 0.15) is 18.0 Å². The molecule has 0 saturated heterocycles. The van der Waals surface area contributed by atoms with E-state index >= 15 is 0 Å². The molecule has 1 aliphatic rings. The van der Waals surface area contributed by atoms with Crippen LogP contribution in [0.25, 0.3) is 0 Å². The van der Waals surface area contributed by atoms with Gasteiger partial charge in [-0.15, -0.1) is 0 Å². The molecule has 6 nitrogen and oxygen atoms in total. The van der Waals surface area contributed by atoms with Crippen molar-refractivity contribution in [2.24, 2.45) is 0 Å². The molecular formula is C17H15Cl2N3O3. The van der Waals surface area contributed by atoms with Crippen LogP contribution in [0.5, 0.6) is 0 Å². The lowest BCUT2D eigenvalue weighted by Crippen LogP contribution is -2.42. The number of carboxylic acids is 1. The Hall–Kier alpha value is -2.44. The van der Waals surface area contributed by atoms with Crippen molar-refractivity contribution in [3.05, 3.63) is 58.1 Å². The molecule has 0 bridgehead atoms. The summed E-state index contributed by atoms with van der Waals surface area (Å²) in [5.41, 5.74) is 1.75. The van der Waals surface area contributed by atoms with E-state index in [4.69, 9.17) is 23.2 Å². The Labute approximate surface area is 154 Å². The van der Waals surface area contributed by atoms with E-state index < -0.39 is 24.1 Å². The lowest BCUT2D eigenvalue weighted by Gasteiger charge is -2.32. The summed E-state index contributed by atoms with van der Waals surface area (Å²) in [5.74, 6) is -1.02. The third-order valence-corrected chi connectivity index (χ3v) is 4.41. The van der Waals surface area contributed by atoms with Crippen LogP contribution in [0.15, 0.2) is 42.5 Å². The Bertz CT molecular complexity index is 814. The minimum Gasteiger partial charge on any atom is -0.480 e. The Balaban J connectivity index is 1.85. The highest BCUT2D eigenvalue weighted by molar-refractivity contribution is 6.35. The van der Waals surface area contributed by atoms with Gasteiger partial charge in [-0.3, -0.25) is 0 Å². The molecule has 2 atom stereocenters. The van der Waals surface area contributed by atoms with Crippen molar-refractivity contribution < 1.29 is 14.7 Å². The first-order valence-electron chi connectivity index (χ1n) is 7.55. The standard InChI is InChI=1S/C17H15Cl2N3O3/c18-9-6-11(19)15-12(7-9)21-14(16(23)24)8-13(15)22-17(25)20-10-4-2-1-3-5-10/h1-7,13-14,21H,8H2,(H,23,24)(H2,20,22,25)/t13-,14-/m1/s1. The van der Waals surface area contributed by atoms with Crippen molar-refractivity contribution >= 4 is 46.6 Å². The lowest BCUT2D eigenvalue weighted by molar-refractivity contribution is -0.138. The molecule has 0 radical (unpaired) electrons. The lowest BCUT2D eigenvalue weighted by atomic mass is 9.93. The zero-order chi connectivity index (χ0) is 18.0. The Morgan fingerprint density at radius 2 is 1.88 bits per heavy atom. The van der Waals surface area contributed by atoms with Gasteiger partial charge in [0.15, 0.2) is 0 Å². The molecule has 0 unspecified atom stereocenters. The molecule has 0 spiro atoms. The molecule has 3 rings (SSSR count). The van der Waals surface area contributed by atoms with E-state index in [1.807, 2.05) is 6.07 Å². The van der Waals surface area contributed by atoms with Crippen molar-refractivity contribution in [2.45, 2.75) is 18.5 Å². The summed E-state index contributed by atoms with van der Waals surface area (Å²) in [6.07, 6.45) is 0.159. The maximum absolute atomic E-state index is 12.3. The Morgan fingerprint density at radius 3 is 2.56 bits per heavy atom. The van der Waals surface area contributed by atoms with E-state index in [0.717, 1.165) is 0 Å². The predicted octanol–water partition coefficient (Wildman–Crippen LogP) is 4.13. The van der Waals surface area contributed by atoms with E-state index in [9.17, 15) is 14.7 Å². The van der Waals surface area contributed by atoms with Crippen LogP contribution in [-0.2, 0) is 4.79 Å². The molecule has 130 valence electrons. The monoisotopic (exact) mass is 379 g/mol. The number of carboxylic acid groups (broad SMARTS) is 1. The van der Waals surface area contributed by atoms with Crippen molar-refractivity contribution in [2.75, 3.05) is 10.6 Å². The molecule has 0 fully saturated rings. The van der Waals surface area contributed by atoms with E-state index in [1.54, 1.807) is 36.4 Å². The van der Waals surface area contributed by atoms with Gasteiger partial charge < -0.3 is 21.1 Å². The van der Waals surface area contributed by atoms with E-state index in [1.165, 1.54) is 0 Å². The van der Waals surface area contributed by atoms with Crippen LogP contribution in [0.2, 0.25) is 10.0 Å². The number of amides is 2. The average Bonchev–Trinajstić information content (AvgIpc) is 2.54. The van der Waals surface area contributed by atoms with Crippen LogP contribution >= 0.6 is 23.2 Å². The number of halogens is 2. The smallest absolute Gasteiger partial charge is 0.326 e. The number of rotatable bonds is 3. The normalized spacial score (nSPS) is 18.6. The summed E-state index contributed by atoms with van der Waals surface area (Å²) in [5, 5.41) is 18.5. The number of hydrogen-bond donors (Lipinski definition) is 4. The minimum absolute atomic E-state index is 0.159. The van der Waals surface area contributed by atoms with Crippen molar-refractivity contribution in [1.82, 2.24) is 5.32 Å². The van der Waals surface area contributed by atoms with Gasteiger partial charge in [-0.1, -0.05) is 41.4 Å². The van der Waals surface area contributed by atoms with Crippen LogP contribution in [0.4, 0.5) is 16.2 Å². The molecular weight excluding hydrogens is 365 g/mol. The maximum atomic E-state index is 12.3. The Kier molecular flexibility index (Phi) is 5.01. The highest BCUT2D eigenvalue weighted by Gasteiger charge is 2.33. The first kappa shape index (κ1) is 17.4. The van der Waals surface area contributed by atoms with Crippen LogP contribution in [-0.4, -0.2) is 23.1 Å². The number of benzene rings is 2. The van der Waals surface area contributed by atoms with Crippen molar-refractivity contribution in [3.8, 4) is 0 Å². The molecule has 0 aromatic heterocycles. The topological polar surface area (TPSA) is 90.5 Å². The Morgan fingerprint density at radius 1 is 1.16 bits per heavy atom. The van der Waals surface area contributed by atoms with Crippen LogP contribution in [0, 0.1) is 0 Å². The second kappa shape index (κ2) is 7.21. The van der Waals surface area contributed by atoms with E-state index in [-0.39, 0.29) is 6.42 Å². The third-order valence-electron chi connectivity index (χ3n) is 3.88. The second-order valence-electron chi connectivity index (χ2n) is 5.64. The molecule has 2 aromatic rings. The zero-order valence-electron chi connectivity index (χ0n) is 12.9.